The van der Waals surface area contributed by atoms with Crippen molar-refractivity contribution in [1.29, 1.82) is 0 Å². The number of fused-ring (bicyclic) bond motifs is 1. The van der Waals surface area contributed by atoms with Crippen LogP contribution in [-0.2, 0) is 25.8 Å². The van der Waals surface area contributed by atoms with Gasteiger partial charge in [-0.15, -0.1) is 0 Å². The molecule has 2 aromatic carbocycles. The molecule has 2 aromatic rings. The SMILES string of the molecule is NS(=O)(=O)c1cc2c(cc1Br)NC(CSCc1ccccc1)NS2(=O)=O. The summed E-state index contributed by atoms with van der Waals surface area (Å²) in [6.07, 6.45) is -0.506. The fraction of sp³-hybridized carbons (Fsp3) is 0.200. The number of halogens is 1. The second-order valence-electron chi connectivity index (χ2n) is 5.64. The minimum Gasteiger partial charge on any atom is -0.367 e. The van der Waals surface area contributed by atoms with Gasteiger partial charge in [0.2, 0.25) is 20.0 Å². The zero-order valence-corrected chi connectivity index (χ0v) is 17.4. The molecule has 140 valence electrons. The van der Waals surface area contributed by atoms with Gasteiger partial charge < -0.3 is 5.32 Å². The number of nitrogens with one attached hydrogen (secondary N) is 2. The van der Waals surface area contributed by atoms with Crippen LogP contribution in [0.2, 0.25) is 0 Å². The number of rotatable bonds is 5. The largest absolute Gasteiger partial charge is 0.367 e. The van der Waals surface area contributed by atoms with Crippen molar-refractivity contribution in [2.45, 2.75) is 21.7 Å². The molecule has 26 heavy (non-hydrogen) atoms. The smallest absolute Gasteiger partial charge is 0.244 e. The molecule has 1 aliphatic heterocycles. The molecule has 0 bridgehead atoms. The summed E-state index contributed by atoms with van der Waals surface area (Å²) in [5.41, 5.74) is 1.48. The molecule has 7 nitrogen and oxygen atoms in total. The Morgan fingerprint density at radius 2 is 1.88 bits per heavy atom. The van der Waals surface area contributed by atoms with Crippen LogP contribution in [0.15, 0.2) is 56.7 Å². The van der Waals surface area contributed by atoms with Crippen molar-refractivity contribution in [3.05, 3.63) is 52.5 Å². The molecule has 0 aromatic heterocycles. The first kappa shape index (κ1) is 19.6. The molecule has 0 aliphatic carbocycles. The number of anilines is 1. The van der Waals surface area contributed by atoms with Crippen LogP contribution in [0.4, 0.5) is 5.69 Å². The molecule has 0 saturated carbocycles. The maximum Gasteiger partial charge on any atom is 0.244 e. The standard InChI is InChI=1S/C15H16BrN3O4S3/c16-11-6-12-14(7-13(11)25(17,20)21)26(22,23)19-15(18-12)9-24-8-10-4-2-1-3-5-10/h1-7,15,18-19H,8-9H2,(H2,17,20,21). The molecular formula is C15H16BrN3O4S3. The van der Waals surface area contributed by atoms with Crippen LogP contribution in [0.5, 0.6) is 0 Å². The molecule has 4 N–H and O–H groups in total. The second kappa shape index (κ2) is 7.49. The van der Waals surface area contributed by atoms with E-state index in [1.165, 1.54) is 6.07 Å². The van der Waals surface area contributed by atoms with E-state index in [4.69, 9.17) is 5.14 Å². The minimum absolute atomic E-state index is 0.144. The number of hydrogen-bond acceptors (Lipinski definition) is 6. The first-order valence-corrected chi connectivity index (χ1v) is 12.4. The second-order valence-corrected chi connectivity index (χ2v) is 10.7. The average molecular weight is 478 g/mol. The van der Waals surface area contributed by atoms with Gasteiger partial charge >= 0.3 is 0 Å². The molecule has 1 aliphatic rings. The maximum absolute atomic E-state index is 12.5. The molecule has 3 rings (SSSR count). The van der Waals surface area contributed by atoms with Crippen LogP contribution in [0.3, 0.4) is 0 Å². The van der Waals surface area contributed by atoms with Crippen molar-refractivity contribution in [2.24, 2.45) is 5.14 Å². The Labute approximate surface area is 165 Å². The van der Waals surface area contributed by atoms with Gasteiger partial charge in [0.15, 0.2) is 0 Å². The molecule has 0 amide bonds. The summed E-state index contributed by atoms with van der Waals surface area (Å²) >= 11 is 4.72. The molecule has 1 unspecified atom stereocenters. The Balaban J connectivity index is 1.79. The van der Waals surface area contributed by atoms with Crippen molar-refractivity contribution in [2.75, 3.05) is 11.1 Å². The van der Waals surface area contributed by atoms with E-state index in [0.717, 1.165) is 17.4 Å². The topological polar surface area (TPSA) is 118 Å². The van der Waals surface area contributed by atoms with Gasteiger partial charge in [-0.2, -0.15) is 16.5 Å². The number of thioether (sulfide) groups is 1. The predicted octanol–water partition coefficient (Wildman–Crippen LogP) is 2.06. The van der Waals surface area contributed by atoms with E-state index in [1.807, 2.05) is 30.3 Å². The number of primary sulfonamides is 1. The lowest BCUT2D eigenvalue weighted by atomic mass is 10.2. The Hall–Kier alpha value is -1.11. The Kier molecular flexibility index (Phi) is 5.66. The Morgan fingerprint density at radius 1 is 1.19 bits per heavy atom. The van der Waals surface area contributed by atoms with E-state index >= 15 is 0 Å². The van der Waals surface area contributed by atoms with Gasteiger partial charge in [0, 0.05) is 16.0 Å². The van der Waals surface area contributed by atoms with Crippen molar-refractivity contribution < 1.29 is 16.8 Å². The van der Waals surface area contributed by atoms with Crippen LogP contribution < -0.4 is 15.2 Å². The lowest BCUT2D eigenvalue weighted by Crippen LogP contribution is -2.46. The summed E-state index contributed by atoms with van der Waals surface area (Å²) in [4.78, 5) is -0.422. The minimum atomic E-state index is -4.05. The number of benzene rings is 2. The normalized spacial score (nSPS) is 18.8. The van der Waals surface area contributed by atoms with Gasteiger partial charge in [0.1, 0.15) is 4.90 Å². The predicted molar refractivity (Wildman–Crippen MR) is 106 cm³/mol. The summed E-state index contributed by atoms with van der Waals surface area (Å²) in [7, 11) is -7.90. The van der Waals surface area contributed by atoms with Crippen LogP contribution in [-0.4, -0.2) is 28.8 Å². The van der Waals surface area contributed by atoms with E-state index in [9.17, 15) is 16.8 Å². The zero-order chi connectivity index (χ0) is 18.9. The lowest BCUT2D eigenvalue weighted by Gasteiger charge is -2.28. The summed E-state index contributed by atoms with van der Waals surface area (Å²) < 4.78 is 50.9. The van der Waals surface area contributed by atoms with Gasteiger partial charge in [-0.1, -0.05) is 30.3 Å². The van der Waals surface area contributed by atoms with Crippen LogP contribution in [0.1, 0.15) is 5.56 Å². The number of sulfonamides is 2. The zero-order valence-electron chi connectivity index (χ0n) is 13.3. The third-order valence-corrected chi connectivity index (χ3v) is 8.14. The highest BCUT2D eigenvalue weighted by Gasteiger charge is 2.31. The molecule has 1 atom stereocenters. The summed E-state index contributed by atoms with van der Waals surface area (Å²) in [6, 6.07) is 12.3. The quantitative estimate of drug-likeness (QED) is 0.606. The van der Waals surface area contributed by atoms with E-state index in [1.54, 1.807) is 11.8 Å². The first-order valence-electron chi connectivity index (χ1n) is 7.44. The highest BCUT2D eigenvalue weighted by atomic mass is 79.9. The lowest BCUT2D eigenvalue weighted by molar-refractivity contribution is 0.566. The highest BCUT2D eigenvalue weighted by molar-refractivity contribution is 9.10. The van der Waals surface area contributed by atoms with Gasteiger partial charge in [-0.3, -0.25) is 0 Å². The number of nitrogens with two attached hydrogens (primary N) is 1. The van der Waals surface area contributed by atoms with E-state index in [2.05, 4.69) is 26.0 Å². The Bertz CT molecular complexity index is 1030. The third-order valence-electron chi connectivity index (χ3n) is 3.65. The molecule has 1 heterocycles. The summed E-state index contributed by atoms with van der Waals surface area (Å²) in [5, 5.41) is 8.21. The van der Waals surface area contributed by atoms with Crippen LogP contribution in [0.25, 0.3) is 0 Å². The summed E-state index contributed by atoms with van der Waals surface area (Å²) in [5.74, 6) is 1.25. The van der Waals surface area contributed by atoms with Crippen molar-refractivity contribution in [3.8, 4) is 0 Å². The van der Waals surface area contributed by atoms with Crippen LogP contribution in [0, 0.1) is 0 Å². The van der Waals surface area contributed by atoms with E-state index < -0.39 is 26.2 Å². The van der Waals surface area contributed by atoms with Crippen molar-refractivity contribution >= 4 is 53.4 Å². The Morgan fingerprint density at radius 3 is 2.54 bits per heavy atom. The molecule has 0 radical (unpaired) electrons. The molecule has 11 heteroatoms. The van der Waals surface area contributed by atoms with Gasteiger partial charge in [0.05, 0.1) is 16.7 Å². The highest BCUT2D eigenvalue weighted by Crippen LogP contribution is 2.34. The van der Waals surface area contributed by atoms with Crippen LogP contribution >= 0.6 is 27.7 Å². The third kappa shape index (κ3) is 4.41. The molecular weight excluding hydrogens is 462 g/mol. The van der Waals surface area contributed by atoms with E-state index in [0.29, 0.717) is 11.4 Å². The summed E-state index contributed by atoms with van der Waals surface area (Å²) in [6.45, 7) is 0. The maximum atomic E-state index is 12.5. The monoisotopic (exact) mass is 477 g/mol. The van der Waals surface area contributed by atoms with Gasteiger partial charge in [0.25, 0.3) is 0 Å². The molecule has 0 spiro atoms. The molecule has 0 fully saturated rings. The average Bonchev–Trinajstić information content (AvgIpc) is 2.53. The van der Waals surface area contributed by atoms with Crippen molar-refractivity contribution in [3.63, 3.8) is 0 Å². The fourth-order valence-corrected chi connectivity index (χ4v) is 6.59. The molecule has 0 saturated heterocycles. The van der Waals surface area contributed by atoms with Crippen molar-refractivity contribution in [1.82, 2.24) is 4.72 Å². The van der Waals surface area contributed by atoms with Gasteiger partial charge in [-0.05, 0) is 33.6 Å². The first-order chi connectivity index (χ1) is 12.2. The fourth-order valence-electron chi connectivity index (χ4n) is 2.50. The number of hydrogen-bond donors (Lipinski definition) is 3. The van der Waals surface area contributed by atoms with E-state index in [-0.39, 0.29) is 14.3 Å². The van der Waals surface area contributed by atoms with Gasteiger partial charge in [-0.25, -0.2) is 22.0 Å².